The SMILES string of the molecule is C[C@H](O)[C@H]1O[C@@H](n2ncc(N)nc2=O)C(O)(C#CCl)C1CO. The molecule has 0 radical (unpaired) electrons. The van der Waals surface area contributed by atoms with Gasteiger partial charge < -0.3 is 25.8 Å². The van der Waals surface area contributed by atoms with Crippen molar-refractivity contribution in [2.45, 2.75) is 31.0 Å². The molecule has 120 valence electrons. The number of nitrogens with zero attached hydrogens (tertiary/aromatic N) is 3. The molecule has 0 aromatic carbocycles. The van der Waals surface area contributed by atoms with Crippen LogP contribution in [0.4, 0.5) is 5.82 Å². The Morgan fingerprint density at radius 2 is 2.36 bits per heavy atom. The lowest BCUT2D eigenvalue weighted by Crippen LogP contribution is -2.47. The van der Waals surface area contributed by atoms with E-state index >= 15 is 0 Å². The first-order valence-electron chi connectivity index (χ1n) is 6.36. The molecule has 0 bridgehead atoms. The Morgan fingerprint density at radius 3 is 2.86 bits per heavy atom. The lowest BCUT2D eigenvalue weighted by molar-refractivity contribution is -0.0945. The van der Waals surface area contributed by atoms with Gasteiger partial charge in [-0.05, 0) is 24.4 Å². The highest BCUT2D eigenvalue weighted by molar-refractivity contribution is 6.30. The van der Waals surface area contributed by atoms with E-state index in [-0.39, 0.29) is 5.82 Å². The van der Waals surface area contributed by atoms with E-state index in [0.29, 0.717) is 0 Å². The molecule has 1 aromatic rings. The molecule has 1 aliphatic heterocycles. The number of ether oxygens (including phenoxy) is 1. The first kappa shape index (κ1) is 16.7. The highest BCUT2D eigenvalue weighted by Gasteiger charge is 2.58. The number of anilines is 1. The minimum atomic E-state index is -2.03. The van der Waals surface area contributed by atoms with Gasteiger partial charge in [-0.1, -0.05) is 0 Å². The minimum Gasteiger partial charge on any atom is -0.396 e. The molecule has 2 rings (SSSR count). The van der Waals surface area contributed by atoms with Crippen molar-refractivity contribution in [3.8, 4) is 11.3 Å². The number of halogens is 1. The maximum absolute atomic E-state index is 11.9. The van der Waals surface area contributed by atoms with Gasteiger partial charge in [0.2, 0.25) is 0 Å². The van der Waals surface area contributed by atoms with Gasteiger partial charge in [-0.25, -0.2) is 4.79 Å². The first-order chi connectivity index (χ1) is 10.3. The number of hydrogen-bond acceptors (Lipinski definition) is 8. The van der Waals surface area contributed by atoms with Crippen molar-refractivity contribution in [2.75, 3.05) is 12.3 Å². The van der Waals surface area contributed by atoms with Gasteiger partial charge in [0, 0.05) is 5.38 Å². The fourth-order valence-corrected chi connectivity index (χ4v) is 2.62. The Hall–Kier alpha value is -1.70. The van der Waals surface area contributed by atoms with Crippen molar-refractivity contribution in [2.24, 2.45) is 5.92 Å². The fourth-order valence-electron chi connectivity index (χ4n) is 2.47. The number of nitrogen functional groups attached to an aromatic ring is 1. The monoisotopic (exact) mass is 330 g/mol. The summed E-state index contributed by atoms with van der Waals surface area (Å²) in [5.41, 5.74) is 2.45. The van der Waals surface area contributed by atoms with E-state index in [4.69, 9.17) is 22.1 Å². The third kappa shape index (κ3) is 2.67. The zero-order valence-corrected chi connectivity index (χ0v) is 12.3. The summed E-state index contributed by atoms with van der Waals surface area (Å²) in [6.07, 6.45) is -2.33. The van der Waals surface area contributed by atoms with Crippen LogP contribution in [0.2, 0.25) is 0 Å². The fraction of sp³-hybridized carbons (Fsp3) is 0.583. The molecule has 1 aliphatic rings. The van der Waals surface area contributed by atoms with Gasteiger partial charge in [0.1, 0.15) is 5.82 Å². The molecule has 2 unspecified atom stereocenters. The van der Waals surface area contributed by atoms with Crippen molar-refractivity contribution >= 4 is 17.4 Å². The molecule has 1 aromatic heterocycles. The average Bonchev–Trinajstić information content (AvgIpc) is 2.72. The molecule has 5 N–H and O–H groups in total. The maximum Gasteiger partial charge on any atom is 0.368 e. The van der Waals surface area contributed by atoms with Crippen LogP contribution in [0.5, 0.6) is 0 Å². The summed E-state index contributed by atoms with van der Waals surface area (Å²) in [7, 11) is 0. The van der Waals surface area contributed by atoms with Crippen molar-refractivity contribution in [3.63, 3.8) is 0 Å². The highest BCUT2D eigenvalue weighted by Crippen LogP contribution is 2.42. The number of aliphatic hydroxyl groups excluding tert-OH is 2. The second-order valence-electron chi connectivity index (χ2n) is 4.94. The van der Waals surface area contributed by atoms with Gasteiger partial charge in [-0.2, -0.15) is 14.8 Å². The molecule has 5 atom stereocenters. The Labute approximate surface area is 130 Å². The largest absolute Gasteiger partial charge is 0.396 e. The van der Waals surface area contributed by atoms with Crippen LogP contribution >= 0.6 is 11.6 Å². The van der Waals surface area contributed by atoms with Gasteiger partial charge in [0.15, 0.2) is 11.8 Å². The Morgan fingerprint density at radius 1 is 1.68 bits per heavy atom. The topological polar surface area (TPSA) is 144 Å². The molecular formula is C12H15ClN4O5. The zero-order valence-electron chi connectivity index (χ0n) is 11.5. The van der Waals surface area contributed by atoms with Crippen molar-refractivity contribution < 1.29 is 20.1 Å². The molecular weight excluding hydrogens is 316 g/mol. The molecule has 1 saturated heterocycles. The quantitative estimate of drug-likeness (QED) is 0.468. The maximum atomic E-state index is 11.9. The normalized spacial score (nSPS) is 32.3. The highest BCUT2D eigenvalue weighted by atomic mass is 35.5. The smallest absolute Gasteiger partial charge is 0.368 e. The van der Waals surface area contributed by atoms with Crippen LogP contribution in [0.15, 0.2) is 11.0 Å². The summed E-state index contributed by atoms with van der Waals surface area (Å²) in [4.78, 5) is 15.4. The average molecular weight is 331 g/mol. The van der Waals surface area contributed by atoms with Crippen LogP contribution in [0.3, 0.4) is 0 Å². The summed E-state index contributed by atoms with van der Waals surface area (Å²) in [6, 6.07) is 0. The van der Waals surface area contributed by atoms with E-state index in [1.807, 2.05) is 5.38 Å². The Kier molecular flexibility index (Phi) is 4.69. The first-order valence-corrected chi connectivity index (χ1v) is 6.73. The van der Waals surface area contributed by atoms with Crippen LogP contribution in [0.25, 0.3) is 0 Å². The summed E-state index contributed by atoms with van der Waals surface area (Å²) < 4.78 is 6.24. The zero-order chi connectivity index (χ0) is 16.5. The van der Waals surface area contributed by atoms with Crippen molar-refractivity contribution in [3.05, 3.63) is 16.7 Å². The van der Waals surface area contributed by atoms with Crippen molar-refractivity contribution in [1.82, 2.24) is 14.8 Å². The Bertz CT molecular complexity index is 669. The summed E-state index contributed by atoms with van der Waals surface area (Å²) >= 11 is 5.37. The van der Waals surface area contributed by atoms with Crippen LogP contribution in [0, 0.1) is 17.2 Å². The number of aliphatic hydroxyl groups is 3. The summed E-state index contributed by atoms with van der Waals surface area (Å²) in [5.74, 6) is 1.21. The molecule has 10 heteroatoms. The Balaban J connectivity index is 2.57. The van der Waals surface area contributed by atoms with E-state index < -0.39 is 42.3 Å². The lowest BCUT2D eigenvalue weighted by atomic mass is 9.84. The van der Waals surface area contributed by atoms with Gasteiger partial charge in [-0.15, -0.1) is 0 Å². The lowest BCUT2D eigenvalue weighted by Gasteiger charge is -2.27. The molecule has 0 aliphatic carbocycles. The van der Waals surface area contributed by atoms with Gasteiger partial charge in [-0.3, -0.25) is 0 Å². The number of nitrogens with two attached hydrogens (primary N) is 1. The molecule has 9 nitrogen and oxygen atoms in total. The predicted octanol–water partition coefficient (Wildman–Crippen LogP) is -1.96. The van der Waals surface area contributed by atoms with Crippen molar-refractivity contribution in [1.29, 1.82) is 0 Å². The van der Waals surface area contributed by atoms with E-state index in [1.165, 1.54) is 6.92 Å². The van der Waals surface area contributed by atoms with Gasteiger partial charge in [0.25, 0.3) is 0 Å². The van der Waals surface area contributed by atoms with Crippen LogP contribution in [-0.2, 0) is 4.74 Å². The summed E-state index contributed by atoms with van der Waals surface area (Å²) in [5, 5.41) is 35.8. The van der Waals surface area contributed by atoms with Gasteiger partial charge >= 0.3 is 5.69 Å². The second kappa shape index (κ2) is 6.20. The predicted molar refractivity (Wildman–Crippen MR) is 75.4 cm³/mol. The second-order valence-corrected chi connectivity index (χ2v) is 5.12. The van der Waals surface area contributed by atoms with Crippen LogP contribution in [-0.4, -0.2) is 54.5 Å². The van der Waals surface area contributed by atoms with Crippen LogP contribution in [0.1, 0.15) is 13.2 Å². The minimum absolute atomic E-state index is 0.100. The number of aromatic nitrogens is 3. The number of hydrogen-bond donors (Lipinski definition) is 4. The van der Waals surface area contributed by atoms with Gasteiger partial charge in [0.05, 0.1) is 30.9 Å². The third-order valence-corrected chi connectivity index (χ3v) is 3.60. The number of rotatable bonds is 3. The van der Waals surface area contributed by atoms with E-state index in [0.717, 1.165) is 10.9 Å². The molecule has 1 fully saturated rings. The molecule has 2 heterocycles. The standard InChI is InChI=1S/C12H15ClN4O5/c1-6(19)9-7(5-18)12(21,2-3-13)10(22-9)17-11(20)16-8(14)4-15-17/h4,6-7,9-10,18-19,21H,5H2,1H3,(H2,14,16,20)/t6-,7?,9+,10+,12?/m0/s1. The molecule has 0 saturated carbocycles. The summed E-state index contributed by atoms with van der Waals surface area (Å²) in [6.45, 7) is 0.868. The molecule has 22 heavy (non-hydrogen) atoms. The van der Waals surface area contributed by atoms with E-state index in [2.05, 4.69) is 16.0 Å². The third-order valence-electron chi connectivity index (χ3n) is 3.50. The molecule has 0 amide bonds. The van der Waals surface area contributed by atoms with E-state index in [9.17, 15) is 20.1 Å². The van der Waals surface area contributed by atoms with Crippen LogP contribution < -0.4 is 11.4 Å². The van der Waals surface area contributed by atoms with E-state index in [1.54, 1.807) is 0 Å². The molecule has 0 spiro atoms.